The van der Waals surface area contributed by atoms with Gasteiger partial charge in [0.05, 0.1) is 12.2 Å². The fourth-order valence-electron chi connectivity index (χ4n) is 1.74. The van der Waals surface area contributed by atoms with Crippen LogP contribution >= 0.6 is 0 Å². The third-order valence-electron chi connectivity index (χ3n) is 2.73. The van der Waals surface area contributed by atoms with Crippen LogP contribution in [0.25, 0.3) is 0 Å². The Morgan fingerprint density at radius 3 is 2.57 bits per heavy atom. The van der Waals surface area contributed by atoms with Crippen molar-refractivity contribution in [3.63, 3.8) is 0 Å². The molecular weight excluding hydrogens is 283 g/mol. The topological polar surface area (TPSA) is 39.2 Å². The third kappa shape index (κ3) is 3.59. The normalized spacial score (nSPS) is 11.2. The zero-order valence-electron chi connectivity index (χ0n) is 11.1. The van der Waals surface area contributed by atoms with Crippen LogP contribution in [0.2, 0.25) is 0 Å². The Morgan fingerprint density at radius 1 is 1.24 bits per heavy atom. The van der Waals surface area contributed by atoms with E-state index >= 15 is 0 Å². The Balaban J connectivity index is 2.26. The largest absolute Gasteiger partial charge is 0.494 e. The average molecular weight is 295 g/mol. The highest BCUT2D eigenvalue weighted by molar-refractivity contribution is 6.07. The van der Waals surface area contributed by atoms with Crippen molar-refractivity contribution in [2.75, 3.05) is 6.61 Å². The molecule has 0 saturated heterocycles. The summed E-state index contributed by atoms with van der Waals surface area (Å²) in [6.45, 7) is 2.27. The number of hydrogen-bond donors (Lipinski definition) is 0. The lowest BCUT2D eigenvalue weighted by Crippen LogP contribution is -2.09. The van der Waals surface area contributed by atoms with E-state index in [-0.39, 0.29) is 5.69 Å². The number of pyridine rings is 1. The molecule has 110 valence electrons. The van der Waals surface area contributed by atoms with E-state index in [9.17, 15) is 18.0 Å². The summed E-state index contributed by atoms with van der Waals surface area (Å²) in [5, 5.41) is 0. The second-order valence-corrected chi connectivity index (χ2v) is 4.22. The van der Waals surface area contributed by atoms with Crippen LogP contribution in [0.15, 0.2) is 42.6 Å². The van der Waals surface area contributed by atoms with Crippen LogP contribution < -0.4 is 4.74 Å². The van der Waals surface area contributed by atoms with Crippen LogP contribution in [-0.2, 0) is 6.18 Å². The van der Waals surface area contributed by atoms with Crippen molar-refractivity contribution < 1.29 is 22.7 Å². The lowest BCUT2D eigenvalue weighted by atomic mass is 10.1. The van der Waals surface area contributed by atoms with Gasteiger partial charge in [-0.25, -0.2) is 0 Å². The molecule has 21 heavy (non-hydrogen) atoms. The summed E-state index contributed by atoms with van der Waals surface area (Å²) in [6, 6.07) is 8.34. The van der Waals surface area contributed by atoms with Gasteiger partial charge in [0.1, 0.15) is 11.4 Å². The maximum Gasteiger partial charge on any atom is 0.417 e. The fourth-order valence-corrected chi connectivity index (χ4v) is 1.74. The molecule has 1 heterocycles. The molecule has 0 fully saturated rings. The number of ketones is 1. The Labute approximate surface area is 119 Å². The zero-order valence-corrected chi connectivity index (χ0v) is 11.1. The molecule has 1 aromatic carbocycles. The third-order valence-corrected chi connectivity index (χ3v) is 2.73. The van der Waals surface area contributed by atoms with Crippen molar-refractivity contribution in [2.24, 2.45) is 0 Å². The fraction of sp³-hybridized carbons (Fsp3) is 0.200. The van der Waals surface area contributed by atoms with Gasteiger partial charge in [-0.3, -0.25) is 9.78 Å². The molecule has 0 aliphatic carbocycles. The molecule has 0 atom stereocenters. The summed E-state index contributed by atoms with van der Waals surface area (Å²) in [5.74, 6) is 0.0699. The van der Waals surface area contributed by atoms with E-state index < -0.39 is 17.5 Å². The smallest absolute Gasteiger partial charge is 0.417 e. The lowest BCUT2D eigenvalue weighted by molar-refractivity contribution is -0.137. The molecule has 0 saturated carbocycles. The minimum Gasteiger partial charge on any atom is -0.494 e. The maximum absolute atomic E-state index is 12.4. The van der Waals surface area contributed by atoms with E-state index in [2.05, 4.69) is 4.98 Å². The van der Waals surface area contributed by atoms with Crippen molar-refractivity contribution in [2.45, 2.75) is 13.1 Å². The van der Waals surface area contributed by atoms with Crippen molar-refractivity contribution in [1.82, 2.24) is 4.98 Å². The molecule has 0 aliphatic heterocycles. The summed E-state index contributed by atoms with van der Waals surface area (Å²) in [4.78, 5) is 15.8. The minimum atomic E-state index is -4.47. The number of carbonyl (C=O) groups is 1. The molecule has 0 amide bonds. The highest BCUT2D eigenvalue weighted by Crippen LogP contribution is 2.28. The SMILES string of the molecule is CCOc1cccc(C(=O)c2ccc(C(F)(F)F)cn2)c1. The van der Waals surface area contributed by atoms with Crippen LogP contribution in [0.3, 0.4) is 0 Å². The molecule has 3 nitrogen and oxygen atoms in total. The zero-order chi connectivity index (χ0) is 15.5. The van der Waals surface area contributed by atoms with Gasteiger partial charge in [-0.2, -0.15) is 13.2 Å². The summed E-state index contributed by atoms with van der Waals surface area (Å²) < 4.78 is 42.6. The molecule has 0 bridgehead atoms. The molecule has 0 N–H and O–H groups in total. The highest BCUT2D eigenvalue weighted by atomic mass is 19.4. The standard InChI is InChI=1S/C15H12F3NO2/c1-2-21-12-5-3-4-10(8-12)14(20)13-7-6-11(9-19-13)15(16,17)18/h3-9H,2H2,1H3. The number of carbonyl (C=O) groups excluding carboxylic acids is 1. The van der Waals surface area contributed by atoms with Gasteiger partial charge in [-0.1, -0.05) is 12.1 Å². The molecular formula is C15H12F3NO2. The van der Waals surface area contributed by atoms with Crippen molar-refractivity contribution in [1.29, 1.82) is 0 Å². The second-order valence-electron chi connectivity index (χ2n) is 4.22. The molecule has 0 spiro atoms. The van der Waals surface area contributed by atoms with Crippen molar-refractivity contribution in [3.8, 4) is 5.75 Å². The Kier molecular flexibility index (Phi) is 4.26. The molecule has 0 radical (unpaired) electrons. The predicted molar refractivity (Wildman–Crippen MR) is 70.3 cm³/mol. The number of alkyl halides is 3. The number of benzene rings is 1. The molecule has 2 rings (SSSR count). The average Bonchev–Trinajstić information content (AvgIpc) is 2.46. The first-order valence-electron chi connectivity index (χ1n) is 6.22. The van der Waals surface area contributed by atoms with Gasteiger partial charge in [0, 0.05) is 11.8 Å². The first-order chi connectivity index (χ1) is 9.91. The summed E-state index contributed by atoms with van der Waals surface area (Å²) in [5.41, 5.74) is -0.619. The Morgan fingerprint density at radius 2 is 2.00 bits per heavy atom. The van der Waals surface area contributed by atoms with Gasteiger partial charge < -0.3 is 4.74 Å². The van der Waals surface area contributed by atoms with E-state index in [1.807, 2.05) is 6.92 Å². The van der Waals surface area contributed by atoms with E-state index in [0.717, 1.165) is 12.1 Å². The van der Waals surface area contributed by atoms with Crippen LogP contribution in [0, 0.1) is 0 Å². The summed E-state index contributed by atoms with van der Waals surface area (Å²) in [6.07, 6.45) is -3.82. The number of nitrogens with zero attached hydrogens (tertiary/aromatic N) is 1. The number of rotatable bonds is 4. The number of hydrogen-bond acceptors (Lipinski definition) is 3. The van der Waals surface area contributed by atoms with E-state index in [4.69, 9.17) is 4.74 Å². The van der Waals surface area contributed by atoms with Crippen LogP contribution in [0.1, 0.15) is 28.5 Å². The maximum atomic E-state index is 12.4. The summed E-state index contributed by atoms with van der Waals surface area (Å²) >= 11 is 0. The first-order valence-corrected chi connectivity index (χ1v) is 6.22. The van der Waals surface area contributed by atoms with Gasteiger partial charge in [-0.05, 0) is 31.2 Å². The Bertz CT molecular complexity index is 636. The highest BCUT2D eigenvalue weighted by Gasteiger charge is 2.31. The first kappa shape index (κ1) is 15.0. The van der Waals surface area contributed by atoms with Gasteiger partial charge in [0.25, 0.3) is 0 Å². The van der Waals surface area contributed by atoms with Crippen molar-refractivity contribution in [3.05, 3.63) is 59.4 Å². The van der Waals surface area contributed by atoms with Crippen LogP contribution in [0.5, 0.6) is 5.75 Å². The van der Waals surface area contributed by atoms with Gasteiger partial charge >= 0.3 is 6.18 Å². The molecule has 1 aromatic heterocycles. The lowest BCUT2D eigenvalue weighted by Gasteiger charge is -2.07. The number of ether oxygens (including phenoxy) is 1. The monoisotopic (exact) mass is 295 g/mol. The van der Waals surface area contributed by atoms with Crippen LogP contribution in [-0.4, -0.2) is 17.4 Å². The molecule has 2 aromatic rings. The Hall–Kier alpha value is -2.37. The molecule has 6 heteroatoms. The van der Waals surface area contributed by atoms with E-state index in [1.165, 1.54) is 6.07 Å². The number of aromatic nitrogens is 1. The summed E-state index contributed by atoms with van der Waals surface area (Å²) in [7, 11) is 0. The van der Waals surface area contributed by atoms with Crippen LogP contribution in [0.4, 0.5) is 13.2 Å². The second kappa shape index (κ2) is 5.95. The van der Waals surface area contributed by atoms with Crippen molar-refractivity contribution >= 4 is 5.78 Å². The predicted octanol–water partition coefficient (Wildman–Crippen LogP) is 3.73. The quantitative estimate of drug-likeness (QED) is 0.807. The van der Waals surface area contributed by atoms with Gasteiger partial charge in [0.2, 0.25) is 5.78 Å². The van der Waals surface area contributed by atoms with Gasteiger partial charge in [-0.15, -0.1) is 0 Å². The van der Waals surface area contributed by atoms with Gasteiger partial charge in [0.15, 0.2) is 0 Å². The van der Waals surface area contributed by atoms with E-state index in [0.29, 0.717) is 24.1 Å². The van der Waals surface area contributed by atoms with E-state index in [1.54, 1.807) is 18.2 Å². The molecule has 0 aliphatic rings. The number of halogens is 3. The molecule has 0 unspecified atom stereocenters. The minimum absolute atomic E-state index is 0.0448.